The van der Waals surface area contributed by atoms with Crippen molar-refractivity contribution in [2.24, 2.45) is 17.6 Å². The highest BCUT2D eigenvalue weighted by Crippen LogP contribution is 2.34. The van der Waals surface area contributed by atoms with Gasteiger partial charge in [0.1, 0.15) is 5.78 Å². The third-order valence-electron chi connectivity index (χ3n) is 2.16. The van der Waals surface area contributed by atoms with Crippen LogP contribution in [0.25, 0.3) is 0 Å². The fourth-order valence-electron chi connectivity index (χ4n) is 1.33. The Morgan fingerprint density at radius 1 is 1.30 bits per heavy atom. The zero-order chi connectivity index (χ0) is 7.72. The van der Waals surface area contributed by atoms with Gasteiger partial charge in [-0.2, -0.15) is 0 Å². The number of Topliss-reactive ketones (excluding diaryl/α,β-unsaturated/α-hetero) is 1. The predicted octanol–water partition coefficient (Wildman–Crippen LogP) is 0.0869. The maximum Gasteiger partial charge on any atom is 0.221 e. The number of hydrogen-bond acceptors (Lipinski definition) is 2. The van der Waals surface area contributed by atoms with Gasteiger partial charge < -0.3 is 5.73 Å². The molecule has 0 heterocycles. The van der Waals surface area contributed by atoms with Crippen molar-refractivity contribution in [1.82, 2.24) is 0 Å². The lowest BCUT2D eigenvalue weighted by Gasteiger charge is -2.31. The fourth-order valence-corrected chi connectivity index (χ4v) is 1.33. The Morgan fingerprint density at radius 3 is 1.90 bits per heavy atom. The zero-order valence-corrected chi connectivity index (χ0v) is 5.96. The van der Waals surface area contributed by atoms with Crippen molar-refractivity contribution < 1.29 is 9.59 Å². The standard InChI is InChI=1S/C7H11NO2/c1-4(9)5-2-3-6(5)7(8)10/h5-6H,2-3H2,1H3,(H2,8,10). The minimum Gasteiger partial charge on any atom is -0.369 e. The molecule has 1 aliphatic rings. The maximum atomic E-state index is 10.7. The third kappa shape index (κ3) is 1.03. The van der Waals surface area contributed by atoms with Crippen LogP contribution in [0.15, 0.2) is 0 Å². The summed E-state index contributed by atoms with van der Waals surface area (Å²) in [4.78, 5) is 21.3. The van der Waals surface area contributed by atoms with Gasteiger partial charge in [-0.15, -0.1) is 0 Å². The van der Waals surface area contributed by atoms with E-state index in [0.717, 1.165) is 12.8 Å². The molecule has 1 saturated carbocycles. The van der Waals surface area contributed by atoms with Gasteiger partial charge in [-0.05, 0) is 19.8 Å². The highest BCUT2D eigenvalue weighted by atomic mass is 16.1. The molecular weight excluding hydrogens is 130 g/mol. The smallest absolute Gasteiger partial charge is 0.221 e. The molecule has 2 unspecified atom stereocenters. The molecule has 1 amide bonds. The first-order valence-corrected chi connectivity index (χ1v) is 3.42. The first-order chi connectivity index (χ1) is 4.63. The van der Waals surface area contributed by atoms with Crippen molar-refractivity contribution >= 4 is 11.7 Å². The minimum atomic E-state index is -0.327. The lowest BCUT2D eigenvalue weighted by molar-refractivity contribution is -0.136. The lowest BCUT2D eigenvalue weighted by atomic mass is 9.71. The van der Waals surface area contributed by atoms with Crippen molar-refractivity contribution in [3.8, 4) is 0 Å². The molecule has 3 heteroatoms. The van der Waals surface area contributed by atoms with E-state index < -0.39 is 0 Å². The van der Waals surface area contributed by atoms with Crippen molar-refractivity contribution in [3.05, 3.63) is 0 Å². The van der Waals surface area contributed by atoms with E-state index in [4.69, 9.17) is 5.73 Å². The normalized spacial score (nSPS) is 30.9. The number of primary amides is 1. The molecule has 10 heavy (non-hydrogen) atoms. The molecule has 2 N–H and O–H groups in total. The second kappa shape index (κ2) is 2.40. The molecule has 1 rings (SSSR count). The van der Waals surface area contributed by atoms with Crippen molar-refractivity contribution in [3.63, 3.8) is 0 Å². The molecule has 3 nitrogen and oxygen atoms in total. The average Bonchev–Trinajstić information content (AvgIpc) is 1.56. The van der Waals surface area contributed by atoms with E-state index in [1.807, 2.05) is 0 Å². The Hall–Kier alpha value is -0.860. The van der Waals surface area contributed by atoms with E-state index in [1.165, 1.54) is 6.92 Å². The summed E-state index contributed by atoms with van der Waals surface area (Å²) in [6.07, 6.45) is 1.63. The van der Waals surface area contributed by atoms with Crippen LogP contribution in [0.5, 0.6) is 0 Å². The second-order valence-corrected chi connectivity index (χ2v) is 2.80. The van der Waals surface area contributed by atoms with Gasteiger partial charge in [0.25, 0.3) is 0 Å². The first kappa shape index (κ1) is 7.25. The van der Waals surface area contributed by atoms with Crippen molar-refractivity contribution in [2.45, 2.75) is 19.8 Å². The molecule has 0 radical (unpaired) electrons. The van der Waals surface area contributed by atoms with E-state index in [-0.39, 0.29) is 23.5 Å². The Balaban J connectivity index is 2.51. The summed E-state index contributed by atoms with van der Waals surface area (Å²) in [5, 5.41) is 0. The van der Waals surface area contributed by atoms with Gasteiger partial charge in [0.05, 0.1) is 0 Å². The molecule has 2 atom stereocenters. The predicted molar refractivity (Wildman–Crippen MR) is 36.1 cm³/mol. The summed E-state index contributed by atoms with van der Waals surface area (Å²) in [6.45, 7) is 1.51. The fraction of sp³-hybridized carbons (Fsp3) is 0.714. The van der Waals surface area contributed by atoms with Crippen molar-refractivity contribution in [2.75, 3.05) is 0 Å². The summed E-state index contributed by atoms with van der Waals surface area (Å²) in [6, 6.07) is 0. The van der Waals surface area contributed by atoms with Gasteiger partial charge in [-0.3, -0.25) is 9.59 Å². The Labute approximate surface area is 59.6 Å². The van der Waals surface area contributed by atoms with Gasteiger partial charge in [0.15, 0.2) is 0 Å². The van der Waals surface area contributed by atoms with E-state index in [2.05, 4.69) is 0 Å². The molecule has 0 aromatic heterocycles. The first-order valence-electron chi connectivity index (χ1n) is 3.42. The summed E-state index contributed by atoms with van der Waals surface area (Å²) < 4.78 is 0. The summed E-state index contributed by atoms with van der Waals surface area (Å²) in [5.74, 6) is -0.475. The van der Waals surface area contributed by atoms with Crippen LogP contribution in [0.4, 0.5) is 0 Å². The van der Waals surface area contributed by atoms with Crippen LogP contribution in [0.1, 0.15) is 19.8 Å². The van der Waals surface area contributed by atoms with Gasteiger partial charge in [-0.25, -0.2) is 0 Å². The monoisotopic (exact) mass is 141 g/mol. The van der Waals surface area contributed by atoms with Crippen molar-refractivity contribution in [1.29, 1.82) is 0 Å². The van der Waals surface area contributed by atoms with Gasteiger partial charge in [0.2, 0.25) is 5.91 Å². The Bertz CT molecular complexity index is 156. The largest absolute Gasteiger partial charge is 0.369 e. The molecule has 0 aliphatic heterocycles. The molecule has 1 fully saturated rings. The Morgan fingerprint density at radius 2 is 1.80 bits per heavy atom. The average molecular weight is 141 g/mol. The number of hydrogen-bond donors (Lipinski definition) is 1. The van der Waals surface area contributed by atoms with E-state index in [1.54, 1.807) is 0 Å². The quantitative estimate of drug-likeness (QED) is 0.592. The molecule has 56 valence electrons. The third-order valence-corrected chi connectivity index (χ3v) is 2.16. The Kier molecular flexibility index (Phi) is 1.74. The van der Waals surface area contributed by atoms with Crippen LogP contribution >= 0.6 is 0 Å². The second-order valence-electron chi connectivity index (χ2n) is 2.80. The molecule has 1 aliphatic carbocycles. The molecule has 0 spiro atoms. The zero-order valence-electron chi connectivity index (χ0n) is 5.96. The van der Waals surface area contributed by atoms with E-state index in [9.17, 15) is 9.59 Å². The van der Waals surface area contributed by atoms with E-state index >= 15 is 0 Å². The highest BCUT2D eigenvalue weighted by molar-refractivity contribution is 5.88. The van der Waals surface area contributed by atoms with Gasteiger partial charge >= 0.3 is 0 Å². The molecular formula is C7H11NO2. The summed E-state index contributed by atoms with van der Waals surface area (Å²) >= 11 is 0. The van der Waals surface area contributed by atoms with Crippen LogP contribution in [-0.2, 0) is 9.59 Å². The van der Waals surface area contributed by atoms with Crippen LogP contribution in [-0.4, -0.2) is 11.7 Å². The molecule has 0 bridgehead atoms. The number of carbonyl (C=O) groups excluding carboxylic acids is 2. The maximum absolute atomic E-state index is 10.7. The number of rotatable bonds is 2. The van der Waals surface area contributed by atoms with Crippen LogP contribution in [0.2, 0.25) is 0 Å². The van der Waals surface area contributed by atoms with Crippen LogP contribution < -0.4 is 5.73 Å². The van der Waals surface area contributed by atoms with Crippen LogP contribution in [0, 0.1) is 11.8 Å². The lowest BCUT2D eigenvalue weighted by Crippen LogP contribution is -2.40. The molecule has 0 aromatic rings. The van der Waals surface area contributed by atoms with Crippen LogP contribution in [0.3, 0.4) is 0 Å². The number of amides is 1. The molecule has 0 aromatic carbocycles. The van der Waals surface area contributed by atoms with Gasteiger partial charge in [-0.1, -0.05) is 0 Å². The SMILES string of the molecule is CC(=O)C1CCC1C(N)=O. The topological polar surface area (TPSA) is 60.2 Å². The summed E-state index contributed by atoms with van der Waals surface area (Å²) in [5.41, 5.74) is 5.03. The number of carbonyl (C=O) groups is 2. The van der Waals surface area contributed by atoms with Gasteiger partial charge in [0, 0.05) is 11.8 Å². The number of ketones is 1. The number of nitrogens with two attached hydrogens (primary N) is 1. The molecule has 0 saturated heterocycles. The minimum absolute atomic E-state index is 0.0718. The van der Waals surface area contributed by atoms with E-state index in [0.29, 0.717) is 0 Å². The highest BCUT2D eigenvalue weighted by Gasteiger charge is 2.37. The summed E-state index contributed by atoms with van der Waals surface area (Å²) in [7, 11) is 0.